The van der Waals surface area contributed by atoms with E-state index in [2.05, 4.69) is 11.8 Å². The average molecular weight is 543 g/mol. The minimum absolute atomic E-state index is 0.0469. The Labute approximate surface area is 231 Å². The van der Waals surface area contributed by atoms with Crippen molar-refractivity contribution in [2.45, 2.75) is 37.8 Å². The number of amides is 1. The van der Waals surface area contributed by atoms with Crippen molar-refractivity contribution in [1.29, 1.82) is 0 Å². The second kappa shape index (κ2) is 9.66. The second-order valence-corrected chi connectivity index (χ2v) is 10.7. The summed E-state index contributed by atoms with van der Waals surface area (Å²) in [4.78, 5) is 40.8. The number of hydrogen-bond donors (Lipinski definition) is 5. The molecule has 0 aliphatic heterocycles. The molecule has 40 heavy (non-hydrogen) atoms. The molecule has 5 rings (SSSR count). The average Bonchev–Trinajstić information content (AvgIpc) is 2.90. The number of nitrogens with zero attached hydrogens (tertiary/aromatic N) is 1. The van der Waals surface area contributed by atoms with Crippen LogP contribution in [0.1, 0.15) is 41.2 Å². The summed E-state index contributed by atoms with van der Waals surface area (Å²) in [5.41, 5.74) is 4.20. The fourth-order valence-corrected chi connectivity index (χ4v) is 6.46. The number of likely N-dealkylation sites (N-methyl/N-ethyl adjacent to an activating group) is 1. The van der Waals surface area contributed by atoms with Crippen molar-refractivity contribution in [3.8, 4) is 17.6 Å². The van der Waals surface area contributed by atoms with Crippen LogP contribution in [0, 0.1) is 23.7 Å². The first-order valence-corrected chi connectivity index (χ1v) is 13.0. The smallest absolute Gasteiger partial charge is 0.255 e. The van der Waals surface area contributed by atoms with Crippen molar-refractivity contribution >= 4 is 23.2 Å². The van der Waals surface area contributed by atoms with Gasteiger partial charge in [0.15, 0.2) is 11.4 Å². The Morgan fingerprint density at radius 3 is 2.40 bits per heavy atom. The number of nitrogens with two attached hydrogens (primary N) is 1. The van der Waals surface area contributed by atoms with E-state index in [1.807, 2.05) is 37.3 Å². The molecule has 0 saturated heterocycles. The van der Waals surface area contributed by atoms with E-state index >= 15 is 0 Å². The van der Waals surface area contributed by atoms with Gasteiger partial charge in [-0.05, 0) is 68.6 Å². The van der Waals surface area contributed by atoms with E-state index in [0.29, 0.717) is 12.0 Å². The van der Waals surface area contributed by atoms with Crippen LogP contribution >= 0.6 is 0 Å². The number of rotatable bonds is 3. The van der Waals surface area contributed by atoms with Gasteiger partial charge in [-0.15, -0.1) is 0 Å². The minimum atomic E-state index is -2.67. The standard InChI is InChI=1S/C31H30N2O7/c1-4-16-12-17(11-10-15-8-6-5-7-9-15)25(34)22-19(16)13-18-14-20-24(33(2)3)27(36)23(30(32)39)29(38)31(20,40)28(37)21(18)26(22)35/h5-9,12,18,20,24,34-35,38,40H,4,13-14H2,1-3H3,(H2,32,39)/t18-,20-,24-,31-/m0/s1. The number of aryl methyl sites for hydroxylation is 1. The Morgan fingerprint density at radius 1 is 1.12 bits per heavy atom. The van der Waals surface area contributed by atoms with Crippen LogP contribution in [0.15, 0.2) is 53.3 Å². The third-order valence-corrected chi connectivity index (χ3v) is 8.31. The molecule has 206 valence electrons. The highest BCUT2D eigenvalue weighted by atomic mass is 16.3. The quantitative estimate of drug-likeness (QED) is 0.290. The van der Waals surface area contributed by atoms with Crippen LogP contribution in [0.3, 0.4) is 0 Å². The van der Waals surface area contributed by atoms with E-state index in [4.69, 9.17) is 5.73 Å². The van der Waals surface area contributed by atoms with Crippen molar-refractivity contribution < 1.29 is 34.8 Å². The van der Waals surface area contributed by atoms with E-state index in [-0.39, 0.29) is 35.3 Å². The number of aliphatic hydroxyl groups is 3. The monoisotopic (exact) mass is 542 g/mol. The van der Waals surface area contributed by atoms with Gasteiger partial charge in [-0.25, -0.2) is 0 Å². The summed E-state index contributed by atoms with van der Waals surface area (Å²) in [5, 5.41) is 45.5. The van der Waals surface area contributed by atoms with Gasteiger partial charge in [-0.1, -0.05) is 37.0 Å². The molecule has 9 nitrogen and oxygen atoms in total. The Hall–Kier alpha value is -4.39. The maximum Gasteiger partial charge on any atom is 0.255 e. The van der Waals surface area contributed by atoms with E-state index < -0.39 is 58.0 Å². The summed E-state index contributed by atoms with van der Waals surface area (Å²) in [6, 6.07) is 9.83. The van der Waals surface area contributed by atoms with Crippen molar-refractivity contribution in [1.82, 2.24) is 4.90 Å². The van der Waals surface area contributed by atoms with Crippen LogP contribution in [0.2, 0.25) is 0 Å². The molecule has 2 aromatic rings. The highest BCUT2D eigenvalue weighted by Gasteiger charge is 2.64. The highest BCUT2D eigenvalue weighted by Crippen LogP contribution is 2.53. The lowest BCUT2D eigenvalue weighted by atomic mass is 9.57. The summed E-state index contributed by atoms with van der Waals surface area (Å²) in [6.45, 7) is 1.93. The largest absolute Gasteiger partial charge is 0.508 e. The highest BCUT2D eigenvalue weighted by molar-refractivity contribution is 6.24. The first-order chi connectivity index (χ1) is 18.9. The van der Waals surface area contributed by atoms with Gasteiger partial charge in [-0.2, -0.15) is 0 Å². The van der Waals surface area contributed by atoms with Crippen molar-refractivity contribution in [2.75, 3.05) is 14.1 Å². The number of carbonyl (C=O) groups is 3. The lowest BCUT2D eigenvalue weighted by molar-refractivity contribution is -0.153. The van der Waals surface area contributed by atoms with Crippen molar-refractivity contribution in [3.05, 3.63) is 81.1 Å². The number of fused-ring (bicyclic) bond motifs is 3. The normalized spacial score (nSPS) is 25.7. The Kier molecular flexibility index (Phi) is 6.57. The topological polar surface area (TPSA) is 161 Å². The number of carbonyl (C=O) groups excluding carboxylic acids is 3. The van der Waals surface area contributed by atoms with Crippen molar-refractivity contribution in [2.24, 2.45) is 17.6 Å². The fourth-order valence-electron chi connectivity index (χ4n) is 6.46. The molecule has 3 aliphatic carbocycles. The third kappa shape index (κ3) is 3.83. The molecular formula is C31H30N2O7. The maximum absolute atomic E-state index is 14.0. The van der Waals surface area contributed by atoms with Crippen LogP contribution in [0.25, 0.3) is 5.76 Å². The number of hydrogen-bond acceptors (Lipinski definition) is 8. The molecule has 1 fully saturated rings. The number of aliphatic hydroxyl groups excluding tert-OH is 2. The van der Waals surface area contributed by atoms with Gasteiger partial charge < -0.3 is 26.2 Å². The molecule has 0 unspecified atom stereocenters. The zero-order valence-electron chi connectivity index (χ0n) is 22.4. The Morgan fingerprint density at radius 2 is 1.80 bits per heavy atom. The van der Waals surface area contributed by atoms with Crippen LogP contribution in [-0.4, -0.2) is 68.5 Å². The summed E-state index contributed by atoms with van der Waals surface area (Å²) < 4.78 is 0. The van der Waals surface area contributed by atoms with Crippen molar-refractivity contribution in [3.63, 3.8) is 0 Å². The predicted octanol–water partition coefficient (Wildman–Crippen LogP) is 1.93. The van der Waals surface area contributed by atoms with Gasteiger partial charge in [0.05, 0.1) is 17.2 Å². The summed E-state index contributed by atoms with van der Waals surface area (Å²) in [7, 11) is 3.14. The van der Waals surface area contributed by atoms with Gasteiger partial charge in [-0.3, -0.25) is 19.3 Å². The zero-order valence-corrected chi connectivity index (χ0v) is 22.4. The molecule has 6 N–H and O–H groups in total. The number of phenols is 1. The number of aromatic hydroxyl groups is 1. The molecule has 1 saturated carbocycles. The van der Waals surface area contributed by atoms with Crippen LogP contribution < -0.4 is 5.73 Å². The molecule has 1 amide bonds. The summed E-state index contributed by atoms with van der Waals surface area (Å²) >= 11 is 0. The second-order valence-electron chi connectivity index (χ2n) is 10.7. The molecule has 9 heteroatoms. The van der Waals surface area contributed by atoms with E-state index in [1.165, 1.54) is 4.90 Å². The van der Waals surface area contributed by atoms with Crippen LogP contribution in [0.5, 0.6) is 5.75 Å². The number of benzene rings is 2. The van der Waals surface area contributed by atoms with Crippen LogP contribution in [0.4, 0.5) is 0 Å². The molecular weight excluding hydrogens is 512 g/mol. The van der Waals surface area contributed by atoms with Crippen LogP contribution in [-0.2, 0) is 27.2 Å². The lowest BCUT2D eigenvalue weighted by Crippen LogP contribution is -2.65. The van der Waals surface area contributed by atoms with E-state index in [9.17, 15) is 34.8 Å². The molecule has 0 spiro atoms. The molecule has 0 aromatic heterocycles. The van der Waals surface area contributed by atoms with Gasteiger partial charge in [0.1, 0.15) is 22.8 Å². The first kappa shape index (κ1) is 27.2. The summed E-state index contributed by atoms with van der Waals surface area (Å²) in [5.74, 6) is -0.802. The lowest BCUT2D eigenvalue weighted by Gasteiger charge is -2.50. The third-order valence-electron chi connectivity index (χ3n) is 8.31. The molecule has 0 heterocycles. The molecule has 4 atom stereocenters. The molecule has 0 bridgehead atoms. The number of ketones is 2. The van der Waals surface area contributed by atoms with Gasteiger partial charge in [0.25, 0.3) is 5.91 Å². The SMILES string of the molecule is CCc1cc(C#Cc2ccccc2)c(O)c2c1C[C@H]1C[C@H]3[C@H](N(C)C)C(=O)C(C(N)=O)=C(O)[C@@]3(O)C(=O)C1=C2O. The Balaban J connectivity index is 1.71. The van der Waals surface area contributed by atoms with Gasteiger partial charge in [0, 0.05) is 17.1 Å². The van der Waals surface area contributed by atoms with E-state index in [1.54, 1.807) is 20.2 Å². The van der Waals surface area contributed by atoms with E-state index in [0.717, 1.165) is 11.1 Å². The predicted molar refractivity (Wildman–Crippen MR) is 146 cm³/mol. The number of Topliss-reactive ketones (excluding diaryl/α,β-unsaturated/α-hetero) is 2. The Bertz CT molecular complexity index is 1590. The molecule has 2 aromatic carbocycles. The van der Waals surface area contributed by atoms with Gasteiger partial charge in [0.2, 0.25) is 5.78 Å². The number of primary amides is 1. The number of phenolic OH excluding ortho intramolecular Hbond substituents is 1. The van der Waals surface area contributed by atoms with Gasteiger partial charge >= 0.3 is 0 Å². The maximum atomic E-state index is 14.0. The molecule has 0 radical (unpaired) electrons. The first-order valence-electron chi connectivity index (χ1n) is 13.0. The molecule has 3 aliphatic rings. The summed E-state index contributed by atoms with van der Waals surface area (Å²) in [6.07, 6.45) is 0.854. The zero-order chi connectivity index (χ0) is 29.1. The fraction of sp³-hybridized carbons (Fsp3) is 0.323. The minimum Gasteiger partial charge on any atom is -0.508 e.